The molecule has 0 bridgehead atoms. The molecule has 0 aromatic carbocycles. The highest BCUT2D eigenvalue weighted by Crippen LogP contribution is 2.14. The number of hydrogen-bond donors (Lipinski definition) is 2. The minimum absolute atomic E-state index is 0.259. The van der Waals surface area contributed by atoms with Crippen LogP contribution in [0.2, 0.25) is 0 Å². The van der Waals surface area contributed by atoms with Crippen molar-refractivity contribution in [2.75, 3.05) is 12.8 Å². The maximum atomic E-state index is 9.42. The number of hydrogen-bond acceptors (Lipinski definition) is 6. The van der Waals surface area contributed by atoms with Gasteiger partial charge in [0, 0.05) is 0 Å². The second-order valence-corrected chi connectivity index (χ2v) is 3.44. The van der Waals surface area contributed by atoms with Gasteiger partial charge in [-0.15, -0.1) is 0 Å². The number of aromatic nitrogens is 2. The van der Waals surface area contributed by atoms with E-state index < -0.39 is 6.10 Å². The van der Waals surface area contributed by atoms with Gasteiger partial charge < -0.3 is 15.4 Å². The van der Waals surface area contributed by atoms with Crippen LogP contribution in [-0.2, 0) is 5.75 Å². The lowest BCUT2D eigenvalue weighted by Crippen LogP contribution is -2.06. The Labute approximate surface area is 80.7 Å². The van der Waals surface area contributed by atoms with Crippen LogP contribution in [0, 0.1) is 0 Å². The van der Waals surface area contributed by atoms with Crippen LogP contribution in [0.1, 0.15) is 24.2 Å². The number of aliphatic hydroxyl groups excluding tert-OH is 1. The van der Waals surface area contributed by atoms with E-state index in [1.54, 1.807) is 11.8 Å². The first-order chi connectivity index (χ1) is 6.27. The summed E-state index contributed by atoms with van der Waals surface area (Å²) < 4.78 is 4.85. The fourth-order valence-corrected chi connectivity index (χ4v) is 1.25. The Morgan fingerprint density at radius 1 is 1.69 bits per heavy atom. The molecule has 0 aliphatic rings. The normalized spacial score (nSPS) is 13.2. The van der Waals surface area contributed by atoms with Gasteiger partial charge in [0.1, 0.15) is 6.10 Å². The summed E-state index contributed by atoms with van der Waals surface area (Å²) in [5.41, 5.74) is 5.28. The molecule has 1 atom stereocenters. The van der Waals surface area contributed by atoms with Crippen molar-refractivity contribution < 1.29 is 9.63 Å². The molecule has 1 rings (SSSR count). The molecule has 0 aliphatic heterocycles. The van der Waals surface area contributed by atoms with E-state index in [0.29, 0.717) is 24.5 Å². The fraction of sp³-hybridized carbons (Fsp3) is 0.714. The molecule has 1 heterocycles. The molecule has 0 fully saturated rings. The van der Waals surface area contributed by atoms with Crippen molar-refractivity contribution >= 4 is 11.8 Å². The van der Waals surface area contributed by atoms with Crippen molar-refractivity contribution in [3.63, 3.8) is 0 Å². The van der Waals surface area contributed by atoms with Gasteiger partial charge in [-0.05, 0) is 19.2 Å². The quantitative estimate of drug-likeness (QED) is 0.716. The third-order valence-electron chi connectivity index (χ3n) is 1.48. The molecule has 3 N–H and O–H groups in total. The average molecular weight is 203 g/mol. The number of nitrogens with two attached hydrogens (primary N) is 1. The number of nitrogens with zero attached hydrogens (tertiary/aromatic N) is 2. The molecule has 0 spiro atoms. The van der Waals surface area contributed by atoms with E-state index in [9.17, 15) is 5.11 Å². The molecule has 0 amide bonds. The molecule has 1 unspecified atom stereocenters. The second kappa shape index (κ2) is 5.21. The van der Waals surface area contributed by atoms with Gasteiger partial charge in [-0.2, -0.15) is 16.7 Å². The molecule has 1 aromatic heterocycles. The van der Waals surface area contributed by atoms with Gasteiger partial charge in [-0.1, -0.05) is 5.16 Å². The van der Waals surface area contributed by atoms with Crippen molar-refractivity contribution in [1.29, 1.82) is 0 Å². The van der Waals surface area contributed by atoms with Gasteiger partial charge in [0.15, 0.2) is 5.82 Å². The molecule has 74 valence electrons. The highest BCUT2D eigenvalue weighted by Gasteiger charge is 2.14. The summed E-state index contributed by atoms with van der Waals surface area (Å²) in [5, 5.41) is 13.1. The molecule has 0 saturated heterocycles. The van der Waals surface area contributed by atoms with E-state index in [-0.39, 0.29) is 5.89 Å². The van der Waals surface area contributed by atoms with Crippen LogP contribution in [0.4, 0.5) is 0 Å². The first-order valence-electron chi connectivity index (χ1n) is 3.97. The largest absolute Gasteiger partial charge is 0.383 e. The summed E-state index contributed by atoms with van der Waals surface area (Å²) in [6.07, 6.45) is 1.67. The Hall–Kier alpha value is -0.590. The maximum absolute atomic E-state index is 9.42. The number of aliphatic hydroxyl groups is 1. The zero-order valence-corrected chi connectivity index (χ0v) is 8.25. The van der Waals surface area contributed by atoms with Gasteiger partial charge in [0.25, 0.3) is 5.89 Å². The zero-order chi connectivity index (χ0) is 9.68. The third kappa shape index (κ3) is 2.98. The molecule has 1 aromatic rings. The number of thioether (sulfide) groups is 1. The molecule has 0 radical (unpaired) electrons. The molecule has 6 heteroatoms. The minimum atomic E-state index is -0.729. The van der Waals surface area contributed by atoms with E-state index in [1.165, 1.54) is 0 Å². The molecule has 13 heavy (non-hydrogen) atoms. The van der Waals surface area contributed by atoms with E-state index in [0.717, 1.165) is 0 Å². The smallest absolute Gasteiger partial charge is 0.255 e. The van der Waals surface area contributed by atoms with Gasteiger partial charge in [0.2, 0.25) is 0 Å². The molecule has 0 aliphatic carbocycles. The predicted molar refractivity (Wildman–Crippen MR) is 50.1 cm³/mol. The minimum Gasteiger partial charge on any atom is -0.383 e. The van der Waals surface area contributed by atoms with Crippen molar-refractivity contribution in [3.05, 3.63) is 11.7 Å². The standard InChI is InChI=1S/C7H13N3O2S/c1-13-4-6-9-7(12-10-6)5(11)2-3-8/h5,11H,2-4,8H2,1H3. The van der Waals surface area contributed by atoms with Crippen molar-refractivity contribution in [3.8, 4) is 0 Å². The lowest BCUT2D eigenvalue weighted by Gasteiger charge is -2.00. The summed E-state index contributed by atoms with van der Waals surface area (Å²) in [7, 11) is 0. The summed E-state index contributed by atoms with van der Waals surface area (Å²) in [6.45, 7) is 0.404. The van der Waals surface area contributed by atoms with Crippen LogP contribution in [-0.4, -0.2) is 28.0 Å². The molecule has 0 saturated carbocycles. The van der Waals surface area contributed by atoms with Crippen molar-refractivity contribution in [1.82, 2.24) is 10.1 Å². The Morgan fingerprint density at radius 3 is 3.08 bits per heavy atom. The Kier molecular flexibility index (Phi) is 4.20. The Bertz CT molecular complexity index is 254. The molecular weight excluding hydrogens is 190 g/mol. The van der Waals surface area contributed by atoms with Crippen LogP contribution in [0.25, 0.3) is 0 Å². The summed E-state index contributed by atoms with van der Waals surface area (Å²) >= 11 is 1.60. The van der Waals surface area contributed by atoms with Crippen LogP contribution in [0.15, 0.2) is 4.52 Å². The highest BCUT2D eigenvalue weighted by molar-refractivity contribution is 7.97. The Morgan fingerprint density at radius 2 is 2.46 bits per heavy atom. The predicted octanol–water partition coefficient (Wildman–Crippen LogP) is 0.315. The summed E-state index contributed by atoms with van der Waals surface area (Å²) in [4.78, 5) is 4.01. The van der Waals surface area contributed by atoms with E-state index in [1.807, 2.05) is 6.26 Å². The number of rotatable bonds is 5. The second-order valence-electron chi connectivity index (χ2n) is 2.58. The lowest BCUT2D eigenvalue weighted by molar-refractivity contribution is 0.127. The van der Waals surface area contributed by atoms with Gasteiger partial charge in [-0.25, -0.2) is 0 Å². The van der Waals surface area contributed by atoms with Crippen LogP contribution >= 0.6 is 11.8 Å². The van der Waals surface area contributed by atoms with Gasteiger partial charge >= 0.3 is 0 Å². The van der Waals surface area contributed by atoms with Crippen LogP contribution < -0.4 is 5.73 Å². The van der Waals surface area contributed by atoms with Crippen LogP contribution in [0.5, 0.6) is 0 Å². The maximum Gasteiger partial charge on any atom is 0.255 e. The Balaban J connectivity index is 2.56. The topological polar surface area (TPSA) is 85.2 Å². The third-order valence-corrected chi connectivity index (χ3v) is 2.03. The van der Waals surface area contributed by atoms with E-state index >= 15 is 0 Å². The zero-order valence-electron chi connectivity index (χ0n) is 7.43. The SMILES string of the molecule is CSCc1noc(C(O)CCN)n1. The van der Waals surface area contributed by atoms with Gasteiger partial charge in [0.05, 0.1) is 5.75 Å². The van der Waals surface area contributed by atoms with Gasteiger partial charge in [-0.3, -0.25) is 0 Å². The summed E-state index contributed by atoms with van der Waals surface area (Å²) in [6, 6.07) is 0. The molecular formula is C7H13N3O2S. The van der Waals surface area contributed by atoms with Crippen LogP contribution in [0.3, 0.4) is 0 Å². The first-order valence-corrected chi connectivity index (χ1v) is 5.37. The fourth-order valence-electron chi connectivity index (χ4n) is 0.872. The average Bonchev–Trinajstić information content (AvgIpc) is 2.54. The van der Waals surface area contributed by atoms with E-state index in [2.05, 4.69) is 10.1 Å². The van der Waals surface area contributed by atoms with E-state index in [4.69, 9.17) is 10.3 Å². The van der Waals surface area contributed by atoms with Crippen molar-refractivity contribution in [2.24, 2.45) is 5.73 Å². The van der Waals surface area contributed by atoms with Crippen molar-refractivity contribution in [2.45, 2.75) is 18.3 Å². The summed E-state index contributed by atoms with van der Waals surface area (Å²) in [5.74, 6) is 1.56. The monoisotopic (exact) mass is 203 g/mol. The lowest BCUT2D eigenvalue weighted by atomic mass is 10.2. The molecule has 5 nitrogen and oxygen atoms in total. The highest BCUT2D eigenvalue weighted by atomic mass is 32.2. The first kappa shape index (κ1) is 10.5.